The third kappa shape index (κ3) is 3.27. The molecular formula is C14H19F2NO. The molecule has 0 aliphatic heterocycles. The van der Waals surface area contributed by atoms with E-state index in [1.54, 1.807) is 0 Å². The first-order chi connectivity index (χ1) is 8.56. The zero-order valence-electron chi connectivity index (χ0n) is 10.5. The highest BCUT2D eigenvalue weighted by Crippen LogP contribution is 2.23. The lowest BCUT2D eigenvalue weighted by molar-refractivity contribution is 0.109. The van der Waals surface area contributed by atoms with Crippen molar-refractivity contribution in [3.63, 3.8) is 0 Å². The van der Waals surface area contributed by atoms with E-state index in [0.717, 1.165) is 25.3 Å². The van der Waals surface area contributed by atoms with Crippen LogP contribution in [0.2, 0.25) is 0 Å². The number of hydrogen-bond donors (Lipinski definition) is 2. The molecule has 2 nitrogen and oxygen atoms in total. The summed E-state index contributed by atoms with van der Waals surface area (Å²) in [5, 5.41) is 12.9. The molecule has 1 fully saturated rings. The summed E-state index contributed by atoms with van der Waals surface area (Å²) in [5.74, 6) is -1.08. The van der Waals surface area contributed by atoms with Gasteiger partial charge in [0.2, 0.25) is 0 Å². The third-order valence-corrected chi connectivity index (χ3v) is 3.56. The summed E-state index contributed by atoms with van der Waals surface area (Å²) >= 11 is 0. The Labute approximate surface area is 106 Å². The van der Waals surface area contributed by atoms with Crippen LogP contribution in [0, 0.1) is 11.6 Å². The van der Waals surface area contributed by atoms with Gasteiger partial charge >= 0.3 is 0 Å². The Morgan fingerprint density at radius 1 is 1.33 bits per heavy atom. The van der Waals surface area contributed by atoms with Gasteiger partial charge < -0.3 is 10.4 Å². The van der Waals surface area contributed by atoms with Crippen molar-refractivity contribution in [2.75, 3.05) is 0 Å². The molecule has 4 heteroatoms. The van der Waals surface area contributed by atoms with Crippen LogP contribution in [0.5, 0.6) is 0 Å². The first kappa shape index (κ1) is 13.4. The summed E-state index contributed by atoms with van der Waals surface area (Å²) in [6.07, 6.45) is 3.26. The number of aliphatic hydroxyl groups excluding tert-OH is 1. The molecule has 1 aromatic carbocycles. The zero-order chi connectivity index (χ0) is 13.1. The molecule has 0 aromatic heterocycles. The van der Waals surface area contributed by atoms with E-state index in [4.69, 9.17) is 0 Å². The van der Waals surface area contributed by atoms with E-state index in [2.05, 4.69) is 5.32 Å². The standard InChI is InChI=1S/C14H19F2NO/c1-9(13-6-5-10(15)7-14(13)16)17-11-3-2-4-12(18)8-11/h5-7,9,11-12,17-18H,2-4,8H2,1H3. The number of rotatable bonds is 3. The quantitative estimate of drug-likeness (QED) is 0.870. The van der Waals surface area contributed by atoms with Gasteiger partial charge in [-0.25, -0.2) is 8.78 Å². The van der Waals surface area contributed by atoms with Gasteiger partial charge in [-0.3, -0.25) is 0 Å². The molecule has 100 valence electrons. The monoisotopic (exact) mass is 255 g/mol. The van der Waals surface area contributed by atoms with Crippen molar-refractivity contribution in [3.8, 4) is 0 Å². The summed E-state index contributed by atoms with van der Waals surface area (Å²) in [6, 6.07) is 3.67. The molecular weight excluding hydrogens is 236 g/mol. The first-order valence-electron chi connectivity index (χ1n) is 6.45. The molecule has 0 heterocycles. The highest BCUT2D eigenvalue weighted by atomic mass is 19.1. The molecule has 0 saturated heterocycles. The molecule has 0 radical (unpaired) electrons. The van der Waals surface area contributed by atoms with Crippen molar-refractivity contribution in [2.45, 2.75) is 50.8 Å². The normalized spacial score (nSPS) is 26.0. The Kier molecular flexibility index (Phi) is 4.30. The molecule has 18 heavy (non-hydrogen) atoms. The maximum Gasteiger partial charge on any atom is 0.130 e. The van der Waals surface area contributed by atoms with Crippen LogP contribution in [0.1, 0.15) is 44.2 Å². The summed E-state index contributed by atoms with van der Waals surface area (Å²) in [5.41, 5.74) is 0.469. The number of aliphatic hydroxyl groups is 1. The molecule has 0 bridgehead atoms. The molecule has 2 rings (SSSR count). The van der Waals surface area contributed by atoms with Gasteiger partial charge in [-0.15, -0.1) is 0 Å². The van der Waals surface area contributed by atoms with Gasteiger partial charge in [0.15, 0.2) is 0 Å². The fourth-order valence-corrected chi connectivity index (χ4v) is 2.61. The van der Waals surface area contributed by atoms with E-state index in [-0.39, 0.29) is 18.2 Å². The Bertz CT molecular complexity index is 411. The smallest absolute Gasteiger partial charge is 0.130 e. The average molecular weight is 255 g/mol. The largest absolute Gasteiger partial charge is 0.393 e. The molecule has 2 N–H and O–H groups in total. The minimum atomic E-state index is -0.559. The molecule has 1 saturated carbocycles. The second-order valence-corrected chi connectivity index (χ2v) is 5.07. The van der Waals surface area contributed by atoms with Crippen LogP contribution >= 0.6 is 0 Å². The number of nitrogens with one attached hydrogen (secondary N) is 1. The number of benzene rings is 1. The lowest BCUT2D eigenvalue weighted by Crippen LogP contribution is -2.37. The minimum absolute atomic E-state index is 0.180. The van der Waals surface area contributed by atoms with Crippen LogP contribution in [0.3, 0.4) is 0 Å². The van der Waals surface area contributed by atoms with Gasteiger partial charge in [0.1, 0.15) is 11.6 Å². The van der Waals surface area contributed by atoms with Crippen molar-refractivity contribution in [1.29, 1.82) is 0 Å². The van der Waals surface area contributed by atoms with E-state index >= 15 is 0 Å². The topological polar surface area (TPSA) is 32.3 Å². The highest BCUT2D eigenvalue weighted by molar-refractivity contribution is 5.21. The van der Waals surface area contributed by atoms with Crippen molar-refractivity contribution in [2.24, 2.45) is 0 Å². The molecule has 1 aromatic rings. The fourth-order valence-electron chi connectivity index (χ4n) is 2.61. The Morgan fingerprint density at radius 2 is 2.11 bits per heavy atom. The summed E-state index contributed by atoms with van der Waals surface area (Å²) in [4.78, 5) is 0. The number of halogens is 2. The Hall–Kier alpha value is -1.00. The predicted octanol–water partition coefficient (Wildman–Crippen LogP) is 2.92. The summed E-state index contributed by atoms with van der Waals surface area (Å²) in [6.45, 7) is 1.86. The van der Waals surface area contributed by atoms with Gasteiger partial charge in [0.05, 0.1) is 6.10 Å². The SMILES string of the molecule is CC(NC1CCCC(O)C1)c1ccc(F)cc1F. The summed E-state index contributed by atoms with van der Waals surface area (Å²) < 4.78 is 26.4. The molecule has 1 aliphatic rings. The maximum absolute atomic E-state index is 13.6. The average Bonchev–Trinajstić information content (AvgIpc) is 2.28. The minimum Gasteiger partial charge on any atom is -0.393 e. The van der Waals surface area contributed by atoms with Gasteiger partial charge in [0, 0.05) is 23.7 Å². The third-order valence-electron chi connectivity index (χ3n) is 3.56. The van der Waals surface area contributed by atoms with E-state index < -0.39 is 11.6 Å². The van der Waals surface area contributed by atoms with E-state index in [0.29, 0.717) is 12.0 Å². The fraction of sp³-hybridized carbons (Fsp3) is 0.571. The van der Waals surface area contributed by atoms with Crippen molar-refractivity contribution in [1.82, 2.24) is 5.32 Å². The van der Waals surface area contributed by atoms with Crippen LogP contribution < -0.4 is 5.32 Å². The van der Waals surface area contributed by atoms with Crippen LogP contribution in [-0.4, -0.2) is 17.3 Å². The lowest BCUT2D eigenvalue weighted by atomic mass is 9.92. The van der Waals surface area contributed by atoms with Gasteiger partial charge in [-0.05, 0) is 38.7 Å². The van der Waals surface area contributed by atoms with Gasteiger partial charge in [0.25, 0.3) is 0 Å². The van der Waals surface area contributed by atoms with Crippen LogP contribution in [-0.2, 0) is 0 Å². The Balaban J connectivity index is 2.00. The van der Waals surface area contributed by atoms with E-state index in [9.17, 15) is 13.9 Å². The van der Waals surface area contributed by atoms with Crippen LogP contribution in [0.4, 0.5) is 8.78 Å². The Morgan fingerprint density at radius 3 is 2.78 bits per heavy atom. The van der Waals surface area contributed by atoms with E-state index in [1.165, 1.54) is 12.1 Å². The zero-order valence-corrected chi connectivity index (χ0v) is 10.5. The molecule has 0 amide bonds. The molecule has 3 unspecified atom stereocenters. The molecule has 0 spiro atoms. The predicted molar refractivity (Wildman–Crippen MR) is 66.2 cm³/mol. The first-order valence-corrected chi connectivity index (χ1v) is 6.45. The second kappa shape index (κ2) is 5.76. The van der Waals surface area contributed by atoms with Crippen molar-refractivity contribution >= 4 is 0 Å². The van der Waals surface area contributed by atoms with Crippen molar-refractivity contribution in [3.05, 3.63) is 35.4 Å². The van der Waals surface area contributed by atoms with E-state index in [1.807, 2.05) is 6.92 Å². The maximum atomic E-state index is 13.6. The number of hydrogen-bond acceptors (Lipinski definition) is 2. The summed E-state index contributed by atoms with van der Waals surface area (Å²) in [7, 11) is 0. The second-order valence-electron chi connectivity index (χ2n) is 5.07. The van der Waals surface area contributed by atoms with Crippen molar-refractivity contribution < 1.29 is 13.9 Å². The highest BCUT2D eigenvalue weighted by Gasteiger charge is 2.22. The van der Waals surface area contributed by atoms with Crippen LogP contribution in [0.15, 0.2) is 18.2 Å². The van der Waals surface area contributed by atoms with Gasteiger partial charge in [-0.1, -0.05) is 6.07 Å². The molecule has 3 atom stereocenters. The van der Waals surface area contributed by atoms with Crippen LogP contribution in [0.25, 0.3) is 0 Å². The lowest BCUT2D eigenvalue weighted by Gasteiger charge is -2.29. The molecule has 1 aliphatic carbocycles. The van der Waals surface area contributed by atoms with Gasteiger partial charge in [-0.2, -0.15) is 0 Å².